The summed E-state index contributed by atoms with van der Waals surface area (Å²) in [4.78, 5) is 4.56. The quantitative estimate of drug-likeness (QED) is 0.895. The molecule has 0 fully saturated rings. The molecule has 1 aromatic heterocycles. The van der Waals surface area contributed by atoms with Crippen molar-refractivity contribution in [1.82, 2.24) is 10.3 Å². The van der Waals surface area contributed by atoms with Crippen molar-refractivity contribution in [3.63, 3.8) is 0 Å². The number of hydrogen-bond donors (Lipinski definition) is 1. The number of nitrogens with zero attached hydrogens (tertiary/aromatic N) is 1. The van der Waals surface area contributed by atoms with E-state index in [-0.39, 0.29) is 5.82 Å². The lowest BCUT2D eigenvalue weighted by Gasteiger charge is -2.04. The van der Waals surface area contributed by atoms with Gasteiger partial charge in [0.2, 0.25) is 0 Å². The van der Waals surface area contributed by atoms with Crippen molar-refractivity contribution in [2.75, 3.05) is 0 Å². The van der Waals surface area contributed by atoms with E-state index in [1.807, 2.05) is 12.1 Å². The van der Waals surface area contributed by atoms with E-state index in [4.69, 9.17) is 0 Å². The molecule has 0 unspecified atom stereocenters. The number of rotatable bonds is 5. The fraction of sp³-hybridized carbons (Fsp3) is 0.357. The van der Waals surface area contributed by atoms with E-state index in [0.717, 1.165) is 29.2 Å². The predicted octanol–water partition coefficient (Wildman–Crippen LogP) is 3.37. The summed E-state index contributed by atoms with van der Waals surface area (Å²) in [5, 5.41) is 6.49. The van der Waals surface area contributed by atoms with Gasteiger partial charge in [0, 0.05) is 24.4 Å². The van der Waals surface area contributed by atoms with Gasteiger partial charge in [-0.1, -0.05) is 26.0 Å². The van der Waals surface area contributed by atoms with Gasteiger partial charge in [-0.2, -0.15) is 0 Å². The molecule has 1 aromatic carbocycles. The Morgan fingerprint density at radius 3 is 2.67 bits per heavy atom. The van der Waals surface area contributed by atoms with Crippen molar-refractivity contribution >= 4 is 11.3 Å². The summed E-state index contributed by atoms with van der Waals surface area (Å²) in [6.07, 6.45) is 0.770. The second-order valence-corrected chi connectivity index (χ2v) is 5.51. The van der Waals surface area contributed by atoms with Crippen LogP contribution >= 0.6 is 11.3 Å². The largest absolute Gasteiger partial charge is 0.309 e. The van der Waals surface area contributed by atoms with E-state index in [1.165, 1.54) is 12.1 Å². The molecular weight excluding hydrogens is 247 g/mol. The Balaban J connectivity index is 1.95. The zero-order chi connectivity index (χ0) is 13.0. The van der Waals surface area contributed by atoms with Crippen molar-refractivity contribution in [1.29, 1.82) is 0 Å². The van der Waals surface area contributed by atoms with E-state index in [2.05, 4.69) is 29.5 Å². The minimum Gasteiger partial charge on any atom is -0.309 e. The normalized spacial score (nSPS) is 11.1. The highest BCUT2D eigenvalue weighted by Gasteiger charge is 2.04. The standard InChI is InChI=1S/C14H17FN2S/c1-10(2)16-8-13-9-18-14(17-13)7-11-3-5-12(15)6-4-11/h3-6,9-10,16H,7-8H2,1-2H3. The predicted molar refractivity (Wildman–Crippen MR) is 73.3 cm³/mol. The van der Waals surface area contributed by atoms with Crippen molar-refractivity contribution in [2.24, 2.45) is 0 Å². The molecule has 0 bridgehead atoms. The summed E-state index contributed by atoms with van der Waals surface area (Å²) in [7, 11) is 0. The topological polar surface area (TPSA) is 24.9 Å². The first-order valence-electron chi connectivity index (χ1n) is 6.04. The molecule has 4 heteroatoms. The molecule has 96 valence electrons. The van der Waals surface area contributed by atoms with E-state index in [1.54, 1.807) is 11.3 Å². The van der Waals surface area contributed by atoms with Crippen LogP contribution in [0.25, 0.3) is 0 Å². The van der Waals surface area contributed by atoms with Gasteiger partial charge >= 0.3 is 0 Å². The Kier molecular flexibility index (Phi) is 4.44. The molecule has 0 atom stereocenters. The Morgan fingerprint density at radius 1 is 1.28 bits per heavy atom. The van der Waals surface area contributed by atoms with Gasteiger partial charge in [0.05, 0.1) is 10.7 Å². The summed E-state index contributed by atoms with van der Waals surface area (Å²) in [5.74, 6) is -0.195. The van der Waals surface area contributed by atoms with Gasteiger partial charge in [-0.15, -0.1) is 11.3 Å². The monoisotopic (exact) mass is 264 g/mol. The van der Waals surface area contributed by atoms with E-state index in [0.29, 0.717) is 6.04 Å². The third-order valence-corrected chi connectivity index (χ3v) is 3.46. The highest BCUT2D eigenvalue weighted by atomic mass is 32.1. The molecule has 2 nitrogen and oxygen atoms in total. The first-order chi connectivity index (χ1) is 8.63. The second kappa shape index (κ2) is 6.07. The molecule has 0 saturated carbocycles. The molecule has 1 N–H and O–H groups in total. The summed E-state index contributed by atoms with van der Waals surface area (Å²) in [6.45, 7) is 5.04. The Bertz CT molecular complexity index is 491. The maximum absolute atomic E-state index is 12.8. The third-order valence-electron chi connectivity index (χ3n) is 2.56. The van der Waals surface area contributed by atoms with Gasteiger partial charge in [-0.25, -0.2) is 9.37 Å². The zero-order valence-corrected chi connectivity index (χ0v) is 11.4. The molecule has 2 aromatic rings. The summed E-state index contributed by atoms with van der Waals surface area (Å²) in [6, 6.07) is 7.06. The number of benzene rings is 1. The van der Waals surface area contributed by atoms with Gasteiger partial charge in [0.25, 0.3) is 0 Å². The average molecular weight is 264 g/mol. The van der Waals surface area contributed by atoms with Gasteiger partial charge in [0.1, 0.15) is 5.82 Å². The van der Waals surface area contributed by atoms with Crippen LogP contribution in [-0.2, 0) is 13.0 Å². The van der Waals surface area contributed by atoms with Gasteiger partial charge < -0.3 is 5.32 Å². The lowest BCUT2D eigenvalue weighted by atomic mass is 10.1. The molecule has 0 saturated heterocycles. The molecule has 1 heterocycles. The molecule has 0 aliphatic heterocycles. The maximum atomic E-state index is 12.8. The number of halogens is 1. The van der Waals surface area contributed by atoms with E-state index < -0.39 is 0 Å². The molecule has 0 radical (unpaired) electrons. The highest BCUT2D eigenvalue weighted by molar-refractivity contribution is 7.09. The number of aromatic nitrogens is 1. The van der Waals surface area contributed by atoms with Crippen LogP contribution in [0.1, 0.15) is 30.1 Å². The number of nitrogens with one attached hydrogen (secondary N) is 1. The van der Waals surface area contributed by atoms with Crippen molar-refractivity contribution < 1.29 is 4.39 Å². The van der Waals surface area contributed by atoms with Gasteiger partial charge in [-0.3, -0.25) is 0 Å². The van der Waals surface area contributed by atoms with Gasteiger partial charge in [-0.05, 0) is 17.7 Å². The van der Waals surface area contributed by atoms with Crippen LogP contribution in [0.3, 0.4) is 0 Å². The highest BCUT2D eigenvalue weighted by Crippen LogP contribution is 2.15. The Labute approximate surface area is 111 Å². The van der Waals surface area contributed by atoms with Crippen LogP contribution < -0.4 is 5.32 Å². The zero-order valence-electron chi connectivity index (χ0n) is 10.6. The summed E-state index contributed by atoms with van der Waals surface area (Å²) in [5.41, 5.74) is 2.17. The minimum atomic E-state index is -0.195. The van der Waals surface area contributed by atoms with Crippen LogP contribution in [0.5, 0.6) is 0 Å². The van der Waals surface area contributed by atoms with Crippen molar-refractivity contribution in [3.8, 4) is 0 Å². The number of hydrogen-bond acceptors (Lipinski definition) is 3. The van der Waals surface area contributed by atoms with E-state index >= 15 is 0 Å². The van der Waals surface area contributed by atoms with Crippen LogP contribution in [0.15, 0.2) is 29.6 Å². The first-order valence-corrected chi connectivity index (χ1v) is 6.92. The first kappa shape index (κ1) is 13.2. The summed E-state index contributed by atoms with van der Waals surface area (Å²) < 4.78 is 12.8. The van der Waals surface area contributed by atoms with Crippen molar-refractivity contribution in [3.05, 3.63) is 51.7 Å². The summed E-state index contributed by atoms with van der Waals surface area (Å²) >= 11 is 1.66. The van der Waals surface area contributed by atoms with Gasteiger partial charge in [0.15, 0.2) is 0 Å². The third kappa shape index (κ3) is 3.89. The van der Waals surface area contributed by atoms with Crippen molar-refractivity contribution in [2.45, 2.75) is 32.9 Å². The lowest BCUT2D eigenvalue weighted by molar-refractivity contribution is 0.582. The molecular formula is C14H17FN2S. The maximum Gasteiger partial charge on any atom is 0.123 e. The van der Waals surface area contributed by atoms with Crippen LogP contribution in [-0.4, -0.2) is 11.0 Å². The smallest absolute Gasteiger partial charge is 0.123 e. The molecule has 0 aliphatic carbocycles. The fourth-order valence-electron chi connectivity index (χ4n) is 1.60. The molecule has 0 amide bonds. The Hall–Kier alpha value is -1.26. The molecule has 18 heavy (non-hydrogen) atoms. The lowest BCUT2D eigenvalue weighted by Crippen LogP contribution is -2.21. The minimum absolute atomic E-state index is 0.195. The van der Waals surface area contributed by atoms with Crippen LogP contribution in [0.2, 0.25) is 0 Å². The molecule has 0 spiro atoms. The molecule has 0 aliphatic rings. The Morgan fingerprint density at radius 2 is 2.00 bits per heavy atom. The molecule has 2 rings (SSSR count). The van der Waals surface area contributed by atoms with Crippen LogP contribution in [0, 0.1) is 5.82 Å². The van der Waals surface area contributed by atoms with E-state index in [9.17, 15) is 4.39 Å². The average Bonchev–Trinajstić information content (AvgIpc) is 2.77. The fourth-order valence-corrected chi connectivity index (χ4v) is 2.42. The van der Waals surface area contributed by atoms with Crippen LogP contribution in [0.4, 0.5) is 4.39 Å². The SMILES string of the molecule is CC(C)NCc1csc(Cc2ccc(F)cc2)n1. The second-order valence-electron chi connectivity index (χ2n) is 4.57. The number of thiazole rings is 1.